The third-order valence-corrected chi connectivity index (χ3v) is 2.08. The van der Waals surface area contributed by atoms with E-state index in [2.05, 4.69) is 4.89 Å². The molecule has 3 nitrogen and oxygen atoms in total. The molecule has 1 aromatic carbocycles. The SMILES string of the molecule is CC(C)(C(=O)O[O])c1ccccc1. The predicted molar refractivity (Wildman–Crippen MR) is 46.2 cm³/mol. The predicted octanol–water partition coefficient (Wildman–Crippen LogP) is 1.85. The van der Waals surface area contributed by atoms with E-state index in [9.17, 15) is 10.1 Å². The second-order valence-electron chi connectivity index (χ2n) is 3.36. The number of benzene rings is 1. The Morgan fingerprint density at radius 2 is 1.77 bits per heavy atom. The number of carbonyl (C=O) groups excluding carboxylic acids is 1. The van der Waals surface area contributed by atoms with Gasteiger partial charge in [-0.25, -0.2) is 4.79 Å². The third kappa shape index (κ3) is 1.87. The van der Waals surface area contributed by atoms with Gasteiger partial charge < -0.3 is 0 Å². The monoisotopic (exact) mass is 179 g/mol. The molecule has 0 aliphatic rings. The second kappa shape index (κ2) is 3.58. The van der Waals surface area contributed by atoms with Gasteiger partial charge in [0, 0.05) is 5.26 Å². The zero-order valence-electron chi connectivity index (χ0n) is 7.61. The summed E-state index contributed by atoms with van der Waals surface area (Å²) < 4.78 is 0. The Kier molecular flexibility index (Phi) is 2.68. The van der Waals surface area contributed by atoms with Crippen LogP contribution in [-0.4, -0.2) is 5.97 Å². The molecule has 0 bridgehead atoms. The van der Waals surface area contributed by atoms with Gasteiger partial charge in [0.1, 0.15) is 0 Å². The fraction of sp³-hybridized carbons (Fsp3) is 0.300. The Bertz CT molecular complexity index is 290. The lowest BCUT2D eigenvalue weighted by molar-refractivity contribution is -0.282. The molecule has 69 valence electrons. The highest BCUT2D eigenvalue weighted by atomic mass is 17.1. The van der Waals surface area contributed by atoms with E-state index in [0.717, 1.165) is 5.56 Å². The molecule has 0 N–H and O–H groups in total. The Labute approximate surface area is 76.9 Å². The van der Waals surface area contributed by atoms with Crippen molar-refractivity contribution < 1.29 is 14.9 Å². The topological polar surface area (TPSA) is 46.2 Å². The molecule has 1 radical (unpaired) electrons. The highest BCUT2D eigenvalue weighted by Gasteiger charge is 2.32. The van der Waals surface area contributed by atoms with E-state index < -0.39 is 11.4 Å². The van der Waals surface area contributed by atoms with Gasteiger partial charge in [0.15, 0.2) is 0 Å². The Hall–Kier alpha value is -1.35. The summed E-state index contributed by atoms with van der Waals surface area (Å²) >= 11 is 0. The van der Waals surface area contributed by atoms with Crippen LogP contribution >= 0.6 is 0 Å². The maximum absolute atomic E-state index is 11.1. The van der Waals surface area contributed by atoms with Gasteiger partial charge in [0.25, 0.3) is 0 Å². The summed E-state index contributed by atoms with van der Waals surface area (Å²) in [5.41, 5.74) is -0.0981. The maximum atomic E-state index is 11.1. The first-order valence-corrected chi connectivity index (χ1v) is 3.99. The van der Waals surface area contributed by atoms with Gasteiger partial charge in [-0.15, -0.1) is 0 Å². The van der Waals surface area contributed by atoms with Gasteiger partial charge in [-0.1, -0.05) is 30.3 Å². The molecule has 0 spiro atoms. The van der Waals surface area contributed by atoms with Crippen molar-refractivity contribution in [2.45, 2.75) is 19.3 Å². The van der Waals surface area contributed by atoms with Crippen LogP contribution in [0, 0.1) is 0 Å². The smallest absolute Gasteiger partial charge is 0.265 e. The van der Waals surface area contributed by atoms with Crippen molar-refractivity contribution in [3.8, 4) is 0 Å². The fourth-order valence-corrected chi connectivity index (χ4v) is 1.08. The van der Waals surface area contributed by atoms with Crippen LogP contribution < -0.4 is 0 Å². The molecule has 1 rings (SSSR count). The summed E-state index contributed by atoms with van der Waals surface area (Å²) in [6, 6.07) is 9.06. The van der Waals surface area contributed by atoms with Crippen molar-refractivity contribution >= 4 is 5.97 Å². The van der Waals surface area contributed by atoms with Crippen molar-refractivity contribution in [2.75, 3.05) is 0 Å². The lowest BCUT2D eigenvalue weighted by atomic mass is 9.85. The number of carbonyl (C=O) groups is 1. The number of hydrogen-bond donors (Lipinski definition) is 0. The molecule has 0 amide bonds. The maximum Gasteiger partial charge on any atom is 0.355 e. The quantitative estimate of drug-likeness (QED) is 0.513. The van der Waals surface area contributed by atoms with Crippen LogP contribution in [0.5, 0.6) is 0 Å². The molecule has 13 heavy (non-hydrogen) atoms. The first kappa shape index (κ1) is 9.74. The Morgan fingerprint density at radius 1 is 1.23 bits per heavy atom. The molecule has 0 aliphatic carbocycles. The van der Waals surface area contributed by atoms with E-state index in [4.69, 9.17) is 0 Å². The van der Waals surface area contributed by atoms with Crippen LogP contribution in [0.3, 0.4) is 0 Å². The van der Waals surface area contributed by atoms with Crippen molar-refractivity contribution in [2.24, 2.45) is 0 Å². The van der Waals surface area contributed by atoms with Crippen molar-refractivity contribution in [3.63, 3.8) is 0 Å². The van der Waals surface area contributed by atoms with Gasteiger partial charge in [-0.3, -0.25) is 4.89 Å². The molecule has 0 unspecified atom stereocenters. The van der Waals surface area contributed by atoms with Crippen LogP contribution in [0.25, 0.3) is 0 Å². The minimum absolute atomic E-state index is 0.765. The number of hydrogen-bond acceptors (Lipinski definition) is 2. The molecule has 0 fully saturated rings. The molecule has 0 heterocycles. The van der Waals surface area contributed by atoms with Crippen LogP contribution in [-0.2, 0) is 20.4 Å². The molecule has 0 aromatic heterocycles. The summed E-state index contributed by atoms with van der Waals surface area (Å²) in [4.78, 5) is 14.6. The fourth-order valence-electron chi connectivity index (χ4n) is 1.08. The van der Waals surface area contributed by atoms with Crippen molar-refractivity contribution in [1.29, 1.82) is 0 Å². The second-order valence-corrected chi connectivity index (χ2v) is 3.36. The molecule has 0 saturated carbocycles. The van der Waals surface area contributed by atoms with Gasteiger partial charge >= 0.3 is 5.97 Å². The van der Waals surface area contributed by atoms with E-state index in [1.807, 2.05) is 18.2 Å². The highest BCUT2D eigenvalue weighted by Crippen LogP contribution is 2.23. The van der Waals surface area contributed by atoms with E-state index in [0.29, 0.717) is 0 Å². The summed E-state index contributed by atoms with van der Waals surface area (Å²) in [6.07, 6.45) is 0. The van der Waals surface area contributed by atoms with Crippen molar-refractivity contribution in [3.05, 3.63) is 35.9 Å². The van der Waals surface area contributed by atoms with E-state index in [1.54, 1.807) is 26.0 Å². The average Bonchev–Trinajstić information content (AvgIpc) is 2.18. The van der Waals surface area contributed by atoms with Gasteiger partial charge in [0.2, 0.25) is 0 Å². The number of rotatable bonds is 2. The largest absolute Gasteiger partial charge is 0.355 e. The van der Waals surface area contributed by atoms with Gasteiger partial charge in [-0.05, 0) is 19.4 Å². The van der Waals surface area contributed by atoms with Crippen LogP contribution in [0.15, 0.2) is 30.3 Å². The standard InChI is InChI=1S/C10H11O3/c1-10(2,9(11)13-12)8-6-4-3-5-7-8/h3-7H,1-2H3. The van der Waals surface area contributed by atoms with Gasteiger partial charge in [-0.2, -0.15) is 0 Å². The van der Waals surface area contributed by atoms with Crippen LogP contribution in [0.4, 0.5) is 0 Å². The summed E-state index contributed by atoms with van der Waals surface area (Å²) in [5, 5.41) is 10.0. The zero-order chi connectivity index (χ0) is 9.90. The van der Waals surface area contributed by atoms with E-state index in [-0.39, 0.29) is 0 Å². The zero-order valence-corrected chi connectivity index (χ0v) is 7.61. The van der Waals surface area contributed by atoms with E-state index in [1.165, 1.54) is 0 Å². The average molecular weight is 179 g/mol. The first-order chi connectivity index (χ1) is 6.09. The lowest BCUT2D eigenvalue weighted by Crippen LogP contribution is -2.29. The molecule has 0 atom stereocenters. The summed E-state index contributed by atoms with van der Waals surface area (Å²) in [7, 11) is 0. The third-order valence-electron chi connectivity index (χ3n) is 2.08. The normalized spacial score (nSPS) is 11.0. The Balaban J connectivity index is 3.00. The van der Waals surface area contributed by atoms with Crippen LogP contribution in [0.2, 0.25) is 0 Å². The summed E-state index contributed by atoms with van der Waals surface area (Å²) in [5.74, 6) is -0.765. The van der Waals surface area contributed by atoms with E-state index >= 15 is 0 Å². The molecule has 3 heteroatoms. The molecule has 0 aliphatic heterocycles. The summed E-state index contributed by atoms with van der Waals surface area (Å²) in [6.45, 7) is 3.31. The van der Waals surface area contributed by atoms with Crippen molar-refractivity contribution in [1.82, 2.24) is 0 Å². The van der Waals surface area contributed by atoms with Crippen LogP contribution in [0.1, 0.15) is 19.4 Å². The minimum atomic E-state index is -0.872. The minimum Gasteiger partial charge on any atom is -0.265 e. The molecule has 0 saturated heterocycles. The highest BCUT2D eigenvalue weighted by molar-refractivity contribution is 5.81. The molecule has 1 aromatic rings. The Morgan fingerprint density at radius 3 is 2.23 bits per heavy atom. The molecular weight excluding hydrogens is 168 g/mol. The lowest BCUT2D eigenvalue weighted by Gasteiger charge is -2.19. The van der Waals surface area contributed by atoms with Gasteiger partial charge in [0.05, 0.1) is 5.41 Å². The first-order valence-electron chi connectivity index (χ1n) is 3.99. The molecular formula is C10H11O3.